The van der Waals surface area contributed by atoms with Gasteiger partial charge in [-0.05, 0) is 32.5 Å². The summed E-state index contributed by atoms with van der Waals surface area (Å²) < 4.78 is 0. The van der Waals surface area contributed by atoms with E-state index < -0.39 is 0 Å². The third-order valence-electron chi connectivity index (χ3n) is 3.67. The maximum Gasteiger partial charge on any atom is 0.139 e. The Bertz CT molecular complexity index is 457. The summed E-state index contributed by atoms with van der Waals surface area (Å²) in [6, 6.07) is 2.39. The molecule has 1 fully saturated rings. The normalized spacial score (nSPS) is 21.1. The Kier molecular flexibility index (Phi) is 3.52. The number of anilines is 1. The van der Waals surface area contributed by atoms with Gasteiger partial charge in [0, 0.05) is 31.9 Å². The van der Waals surface area contributed by atoms with Gasteiger partial charge in [0.05, 0.1) is 5.56 Å². The molecular weight excluding hydrogens is 226 g/mol. The highest BCUT2D eigenvalue weighted by Gasteiger charge is 2.24. The highest BCUT2D eigenvalue weighted by Crippen LogP contribution is 2.22. The van der Waals surface area contributed by atoms with Crippen LogP contribution in [-0.2, 0) is 0 Å². The molecule has 1 unspecified atom stereocenters. The molecule has 0 aliphatic carbocycles. The van der Waals surface area contributed by atoms with Gasteiger partial charge < -0.3 is 15.5 Å². The zero-order chi connectivity index (χ0) is 13.3. The first kappa shape index (κ1) is 12.8. The van der Waals surface area contributed by atoms with E-state index in [2.05, 4.69) is 28.8 Å². The molecule has 0 spiro atoms. The fourth-order valence-electron chi connectivity index (χ4n) is 2.36. The van der Waals surface area contributed by atoms with Crippen molar-refractivity contribution in [3.05, 3.63) is 23.4 Å². The summed E-state index contributed by atoms with van der Waals surface area (Å²) in [6.07, 6.45) is 1.79. The van der Waals surface area contributed by atoms with Crippen LogP contribution in [0.3, 0.4) is 0 Å². The fourth-order valence-corrected chi connectivity index (χ4v) is 2.36. The number of piperazine rings is 1. The van der Waals surface area contributed by atoms with Gasteiger partial charge in [0.15, 0.2) is 0 Å². The molecule has 1 aliphatic rings. The van der Waals surface area contributed by atoms with Gasteiger partial charge in [-0.1, -0.05) is 0 Å². The number of pyridine rings is 1. The van der Waals surface area contributed by atoms with Crippen LogP contribution in [0.4, 0.5) is 5.82 Å². The minimum Gasteiger partial charge on any atom is -0.384 e. The maximum atomic E-state index is 7.73. The molecule has 0 amide bonds. The molecule has 0 bridgehead atoms. The van der Waals surface area contributed by atoms with Crippen molar-refractivity contribution in [2.24, 2.45) is 5.73 Å². The second kappa shape index (κ2) is 4.94. The van der Waals surface area contributed by atoms with Crippen LogP contribution >= 0.6 is 0 Å². The summed E-state index contributed by atoms with van der Waals surface area (Å²) in [5, 5.41) is 7.73. The molecule has 1 aliphatic heterocycles. The van der Waals surface area contributed by atoms with Gasteiger partial charge in [-0.3, -0.25) is 5.41 Å². The Hall–Kier alpha value is -1.62. The third-order valence-corrected chi connectivity index (χ3v) is 3.67. The van der Waals surface area contributed by atoms with Crippen LogP contribution in [-0.4, -0.2) is 48.4 Å². The summed E-state index contributed by atoms with van der Waals surface area (Å²) in [5.74, 6) is 0.949. The Morgan fingerprint density at radius 3 is 2.83 bits per heavy atom. The molecule has 1 atom stereocenters. The highest BCUT2D eigenvalue weighted by molar-refractivity contribution is 6.01. The molecule has 0 aromatic carbocycles. The van der Waals surface area contributed by atoms with Crippen molar-refractivity contribution < 1.29 is 0 Å². The van der Waals surface area contributed by atoms with Crippen LogP contribution in [0.1, 0.15) is 18.1 Å². The topological polar surface area (TPSA) is 69.2 Å². The first-order chi connectivity index (χ1) is 8.50. The van der Waals surface area contributed by atoms with E-state index in [1.165, 1.54) is 0 Å². The SMILES string of the molecule is Cc1ccnc(N2CCN(C)C(C)C2)c1C(=N)N. The molecular formula is C13H21N5. The van der Waals surface area contributed by atoms with Crippen molar-refractivity contribution in [2.75, 3.05) is 31.6 Å². The maximum absolute atomic E-state index is 7.73. The Morgan fingerprint density at radius 2 is 2.22 bits per heavy atom. The number of nitrogens with zero attached hydrogens (tertiary/aromatic N) is 3. The van der Waals surface area contributed by atoms with Crippen LogP contribution < -0.4 is 10.6 Å². The van der Waals surface area contributed by atoms with Gasteiger partial charge >= 0.3 is 0 Å². The number of aromatic nitrogens is 1. The van der Waals surface area contributed by atoms with E-state index >= 15 is 0 Å². The second-order valence-electron chi connectivity index (χ2n) is 5.02. The number of nitrogens with two attached hydrogens (primary N) is 1. The van der Waals surface area contributed by atoms with Crippen molar-refractivity contribution >= 4 is 11.7 Å². The van der Waals surface area contributed by atoms with Gasteiger partial charge in [0.1, 0.15) is 11.7 Å². The summed E-state index contributed by atoms with van der Waals surface area (Å²) >= 11 is 0. The molecule has 1 saturated heterocycles. The van der Waals surface area contributed by atoms with Crippen molar-refractivity contribution in [1.82, 2.24) is 9.88 Å². The zero-order valence-electron chi connectivity index (χ0n) is 11.3. The number of hydrogen-bond donors (Lipinski definition) is 2. The van der Waals surface area contributed by atoms with Crippen molar-refractivity contribution in [2.45, 2.75) is 19.9 Å². The lowest BCUT2D eigenvalue weighted by atomic mass is 10.1. The lowest BCUT2D eigenvalue weighted by Crippen LogP contribution is -2.50. The summed E-state index contributed by atoms with van der Waals surface area (Å²) in [5.41, 5.74) is 7.48. The molecule has 98 valence electrons. The molecule has 5 nitrogen and oxygen atoms in total. The van der Waals surface area contributed by atoms with E-state index in [0.717, 1.165) is 36.6 Å². The number of nitrogens with one attached hydrogen (secondary N) is 1. The van der Waals surface area contributed by atoms with E-state index in [9.17, 15) is 0 Å². The lowest BCUT2D eigenvalue weighted by molar-refractivity contribution is 0.233. The summed E-state index contributed by atoms with van der Waals surface area (Å²) in [4.78, 5) is 8.99. The highest BCUT2D eigenvalue weighted by atomic mass is 15.3. The molecule has 1 aromatic rings. The molecule has 0 radical (unpaired) electrons. The first-order valence-electron chi connectivity index (χ1n) is 6.26. The monoisotopic (exact) mass is 247 g/mol. The van der Waals surface area contributed by atoms with E-state index in [4.69, 9.17) is 11.1 Å². The van der Waals surface area contributed by atoms with Crippen LogP contribution in [0.2, 0.25) is 0 Å². The van der Waals surface area contributed by atoms with Crippen LogP contribution in [0.5, 0.6) is 0 Å². The number of aryl methyl sites for hydroxylation is 1. The molecule has 2 rings (SSSR count). The quantitative estimate of drug-likeness (QED) is 0.599. The second-order valence-corrected chi connectivity index (χ2v) is 5.02. The minimum absolute atomic E-state index is 0.0992. The molecule has 5 heteroatoms. The predicted octanol–water partition coefficient (Wildman–Crippen LogP) is 0.814. The molecule has 18 heavy (non-hydrogen) atoms. The lowest BCUT2D eigenvalue weighted by Gasteiger charge is -2.39. The Morgan fingerprint density at radius 1 is 1.50 bits per heavy atom. The van der Waals surface area contributed by atoms with E-state index in [0.29, 0.717) is 6.04 Å². The number of likely N-dealkylation sites (N-methyl/N-ethyl adjacent to an activating group) is 1. The van der Waals surface area contributed by atoms with E-state index in [-0.39, 0.29) is 5.84 Å². The predicted molar refractivity (Wildman–Crippen MR) is 74.3 cm³/mol. The summed E-state index contributed by atoms with van der Waals surface area (Å²) in [7, 11) is 2.14. The van der Waals surface area contributed by atoms with Crippen molar-refractivity contribution in [3.8, 4) is 0 Å². The smallest absolute Gasteiger partial charge is 0.139 e. The molecule has 3 N–H and O–H groups in total. The first-order valence-corrected chi connectivity index (χ1v) is 6.26. The fraction of sp³-hybridized carbons (Fsp3) is 0.538. The van der Waals surface area contributed by atoms with Gasteiger partial charge in [-0.25, -0.2) is 4.98 Å². The molecule has 2 heterocycles. The van der Waals surface area contributed by atoms with E-state index in [1.54, 1.807) is 6.20 Å². The van der Waals surface area contributed by atoms with Crippen molar-refractivity contribution in [3.63, 3.8) is 0 Å². The summed E-state index contributed by atoms with van der Waals surface area (Å²) in [6.45, 7) is 7.04. The van der Waals surface area contributed by atoms with Gasteiger partial charge in [0.25, 0.3) is 0 Å². The standard InChI is InChI=1S/C13H21N5/c1-9-4-5-16-13(11(9)12(14)15)18-7-6-17(3)10(2)8-18/h4-5,10H,6-8H2,1-3H3,(H3,14,15). The third kappa shape index (κ3) is 2.31. The minimum atomic E-state index is 0.0992. The average molecular weight is 247 g/mol. The van der Waals surface area contributed by atoms with Crippen LogP contribution in [0, 0.1) is 12.3 Å². The Balaban J connectivity index is 2.34. The number of amidine groups is 1. The van der Waals surface area contributed by atoms with Gasteiger partial charge in [-0.2, -0.15) is 0 Å². The zero-order valence-corrected chi connectivity index (χ0v) is 11.3. The Labute approximate surface area is 108 Å². The number of nitrogen functional groups attached to an aromatic ring is 1. The number of hydrogen-bond acceptors (Lipinski definition) is 4. The van der Waals surface area contributed by atoms with Crippen molar-refractivity contribution in [1.29, 1.82) is 5.41 Å². The van der Waals surface area contributed by atoms with Gasteiger partial charge in [-0.15, -0.1) is 0 Å². The van der Waals surface area contributed by atoms with Gasteiger partial charge in [0.2, 0.25) is 0 Å². The average Bonchev–Trinajstić information content (AvgIpc) is 2.32. The number of rotatable bonds is 2. The van der Waals surface area contributed by atoms with Crippen LogP contribution in [0.25, 0.3) is 0 Å². The van der Waals surface area contributed by atoms with E-state index in [1.807, 2.05) is 13.0 Å². The molecule has 1 aromatic heterocycles. The largest absolute Gasteiger partial charge is 0.384 e. The van der Waals surface area contributed by atoms with Crippen LogP contribution in [0.15, 0.2) is 12.3 Å². The molecule has 0 saturated carbocycles.